The SMILES string of the molecule is c1cn2c(n1)CN(Cc1ccsc1)C[C@@H](COCC1CC1)C2. The number of imidazole rings is 1. The molecule has 0 amide bonds. The van der Waals surface area contributed by atoms with Crippen LogP contribution in [0.1, 0.15) is 24.2 Å². The van der Waals surface area contributed by atoms with Crippen LogP contribution in [0.25, 0.3) is 0 Å². The van der Waals surface area contributed by atoms with Crippen molar-refractivity contribution in [2.45, 2.75) is 32.5 Å². The van der Waals surface area contributed by atoms with Crippen molar-refractivity contribution in [1.29, 1.82) is 0 Å². The summed E-state index contributed by atoms with van der Waals surface area (Å²) in [6, 6.07) is 2.22. The Balaban J connectivity index is 1.42. The molecule has 0 radical (unpaired) electrons. The fourth-order valence-electron chi connectivity index (χ4n) is 3.18. The summed E-state index contributed by atoms with van der Waals surface area (Å²) in [6.07, 6.45) is 6.75. The lowest BCUT2D eigenvalue weighted by Gasteiger charge is -2.23. The molecule has 5 heteroatoms. The van der Waals surface area contributed by atoms with Crippen molar-refractivity contribution in [3.63, 3.8) is 0 Å². The Labute approximate surface area is 135 Å². The molecule has 0 spiro atoms. The summed E-state index contributed by atoms with van der Waals surface area (Å²) in [4.78, 5) is 7.05. The van der Waals surface area contributed by atoms with Gasteiger partial charge in [0, 0.05) is 44.6 Å². The van der Waals surface area contributed by atoms with E-state index < -0.39 is 0 Å². The summed E-state index contributed by atoms with van der Waals surface area (Å²) in [7, 11) is 0. The lowest BCUT2D eigenvalue weighted by molar-refractivity contribution is 0.0705. The van der Waals surface area contributed by atoms with E-state index in [0.717, 1.165) is 45.3 Å². The van der Waals surface area contributed by atoms with E-state index in [1.165, 1.54) is 24.2 Å². The highest BCUT2D eigenvalue weighted by Gasteiger charge is 2.25. The first-order valence-corrected chi connectivity index (χ1v) is 9.12. The molecule has 0 N–H and O–H groups in total. The van der Waals surface area contributed by atoms with Crippen LogP contribution < -0.4 is 0 Å². The van der Waals surface area contributed by atoms with E-state index in [-0.39, 0.29) is 0 Å². The summed E-state index contributed by atoms with van der Waals surface area (Å²) < 4.78 is 8.27. The Kier molecular flexibility index (Phi) is 4.28. The van der Waals surface area contributed by atoms with E-state index in [0.29, 0.717) is 5.92 Å². The van der Waals surface area contributed by atoms with Crippen LogP contribution in [0.2, 0.25) is 0 Å². The Bertz CT molecular complexity index is 591. The molecule has 1 aliphatic carbocycles. The second kappa shape index (κ2) is 6.52. The predicted molar refractivity (Wildman–Crippen MR) is 87.7 cm³/mol. The maximum Gasteiger partial charge on any atom is 0.122 e. The summed E-state index contributed by atoms with van der Waals surface area (Å²) in [5.41, 5.74) is 1.41. The van der Waals surface area contributed by atoms with Gasteiger partial charge in [0.2, 0.25) is 0 Å². The molecule has 1 fully saturated rings. The number of hydrogen-bond acceptors (Lipinski definition) is 4. The highest BCUT2D eigenvalue weighted by Crippen LogP contribution is 2.29. The van der Waals surface area contributed by atoms with Gasteiger partial charge in [-0.2, -0.15) is 11.3 Å². The van der Waals surface area contributed by atoms with E-state index in [1.54, 1.807) is 11.3 Å². The zero-order valence-electron chi connectivity index (χ0n) is 12.9. The molecule has 4 nitrogen and oxygen atoms in total. The topological polar surface area (TPSA) is 30.3 Å². The van der Waals surface area contributed by atoms with Crippen molar-refractivity contribution in [3.05, 3.63) is 40.6 Å². The number of nitrogens with zero attached hydrogens (tertiary/aromatic N) is 3. The molecule has 4 rings (SSSR count). The van der Waals surface area contributed by atoms with Gasteiger partial charge in [0.15, 0.2) is 0 Å². The van der Waals surface area contributed by atoms with Crippen LogP contribution in [0.3, 0.4) is 0 Å². The first-order chi connectivity index (χ1) is 10.9. The molecule has 1 atom stereocenters. The standard InChI is InChI=1S/C17H23N3OS/c1-2-14(1)11-21-12-16-8-19(7-15-3-6-22-13-15)10-17-18-4-5-20(17)9-16/h3-6,13-14,16H,1-2,7-12H2/t16-/m1/s1. The first kappa shape index (κ1) is 14.4. The number of rotatable bonds is 6. The van der Waals surface area contributed by atoms with Gasteiger partial charge in [0.05, 0.1) is 13.2 Å². The minimum absolute atomic E-state index is 0.549. The normalized spacial score (nSPS) is 22.5. The molecule has 1 aliphatic heterocycles. The zero-order valence-corrected chi connectivity index (χ0v) is 13.7. The average molecular weight is 317 g/mol. The molecular weight excluding hydrogens is 294 g/mol. The molecule has 1 saturated carbocycles. The lowest BCUT2D eigenvalue weighted by Crippen LogP contribution is -2.30. The van der Waals surface area contributed by atoms with Crippen molar-refractivity contribution in [2.75, 3.05) is 19.8 Å². The fourth-order valence-corrected chi connectivity index (χ4v) is 3.84. The van der Waals surface area contributed by atoms with Crippen LogP contribution in [0.4, 0.5) is 0 Å². The molecule has 0 saturated heterocycles. The van der Waals surface area contributed by atoms with Crippen molar-refractivity contribution >= 4 is 11.3 Å². The lowest BCUT2D eigenvalue weighted by atomic mass is 10.1. The molecule has 0 aromatic carbocycles. The Morgan fingerprint density at radius 2 is 2.14 bits per heavy atom. The number of hydrogen-bond donors (Lipinski definition) is 0. The molecule has 3 heterocycles. The van der Waals surface area contributed by atoms with Gasteiger partial charge < -0.3 is 9.30 Å². The molecule has 22 heavy (non-hydrogen) atoms. The molecule has 0 unspecified atom stereocenters. The van der Waals surface area contributed by atoms with E-state index in [4.69, 9.17) is 4.74 Å². The second-order valence-electron chi connectivity index (χ2n) is 6.64. The van der Waals surface area contributed by atoms with Gasteiger partial charge in [-0.15, -0.1) is 0 Å². The van der Waals surface area contributed by atoms with Gasteiger partial charge >= 0.3 is 0 Å². The van der Waals surface area contributed by atoms with Gasteiger partial charge in [-0.1, -0.05) is 0 Å². The average Bonchev–Trinajstić information content (AvgIpc) is 3.06. The second-order valence-corrected chi connectivity index (χ2v) is 7.42. The quantitative estimate of drug-likeness (QED) is 0.820. The van der Waals surface area contributed by atoms with Gasteiger partial charge in [0.1, 0.15) is 5.82 Å². The van der Waals surface area contributed by atoms with E-state index in [1.807, 2.05) is 6.20 Å². The monoisotopic (exact) mass is 317 g/mol. The Hall–Kier alpha value is -1.17. The maximum atomic E-state index is 5.97. The van der Waals surface area contributed by atoms with Crippen LogP contribution in [0.5, 0.6) is 0 Å². The van der Waals surface area contributed by atoms with Crippen LogP contribution in [-0.2, 0) is 24.4 Å². The molecule has 2 aliphatic rings. The number of aromatic nitrogens is 2. The molecular formula is C17H23N3OS. The third-order valence-electron chi connectivity index (χ3n) is 4.53. The molecule has 2 aromatic rings. The van der Waals surface area contributed by atoms with Crippen molar-refractivity contribution in [1.82, 2.24) is 14.5 Å². The maximum absolute atomic E-state index is 5.97. The first-order valence-electron chi connectivity index (χ1n) is 8.18. The largest absolute Gasteiger partial charge is 0.381 e. The van der Waals surface area contributed by atoms with Crippen molar-refractivity contribution in [3.8, 4) is 0 Å². The molecule has 0 bridgehead atoms. The van der Waals surface area contributed by atoms with Crippen LogP contribution in [0.15, 0.2) is 29.2 Å². The Morgan fingerprint density at radius 1 is 1.23 bits per heavy atom. The number of ether oxygens (including phenoxy) is 1. The van der Waals surface area contributed by atoms with Crippen LogP contribution in [-0.4, -0.2) is 34.2 Å². The third kappa shape index (κ3) is 3.59. The van der Waals surface area contributed by atoms with Crippen LogP contribution in [0, 0.1) is 11.8 Å². The van der Waals surface area contributed by atoms with Crippen molar-refractivity contribution in [2.24, 2.45) is 11.8 Å². The highest BCUT2D eigenvalue weighted by atomic mass is 32.1. The zero-order chi connectivity index (χ0) is 14.8. The Morgan fingerprint density at radius 3 is 2.95 bits per heavy atom. The van der Waals surface area contributed by atoms with E-state index in [9.17, 15) is 0 Å². The summed E-state index contributed by atoms with van der Waals surface area (Å²) in [5, 5.41) is 4.40. The summed E-state index contributed by atoms with van der Waals surface area (Å²) in [5.74, 6) is 2.57. The van der Waals surface area contributed by atoms with Crippen molar-refractivity contribution < 1.29 is 4.74 Å². The number of fused-ring (bicyclic) bond motifs is 1. The minimum Gasteiger partial charge on any atom is -0.381 e. The number of thiophene rings is 1. The van der Waals surface area contributed by atoms with Gasteiger partial charge in [-0.3, -0.25) is 4.90 Å². The molecule has 118 valence electrons. The van der Waals surface area contributed by atoms with E-state index in [2.05, 4.69) is 37.5 Å². The summed E-state index contributed by atoms with van der Waals surface area (Å²) in [6.45, 7) is 5.88. The van der Waals surface area contributed by atoms with Gasteiger partial charge in [0.25, 0.3) is 0 Å². The smallest absolute Gasteiger partial charge is 0.122 e. The fraction of sp³-hybridized carbons (Fsp3) is 0.588. The minimum atomic E-state index is 0.549. The van der Waals surface area contributed by atoms with Crippen LogP contribution >= 0.6 is 11.3 Å². The van der Waals surface area contributed by atoms with E-state index >= 15 is 0 Å². The van der Waals surface area contributed by atoms with Gasteiger partial charge in [-0.25, -0.2) is 4.98 Å². The predicted octanol–water partition coefficient (Wildman–Crippen LogP) is 3.00. The summed E-state index contributed by atoms with van der Waals surface area (Å²) >= 11 is 1.77. The van der Waals surface area contributed by atoms with Gasteiger partial charge in [-0.05, 0) is 41.1 Å². The molecule has 2 aromatic heterocycles. The highest BCUT2D eigenvalue weighted by molar-refractivity contribution is 7.07. The third-order valence-corrected chi connectivity index (χ3v) is 5.26.